The Morgan fingerprint density at radius 2 is 2.00 bits per heavy atom. The molecule has 0 bridgehead atoms. The van der Waals surface area contributed by atoms with Crippen molar-refractivity contribution in [1.82, 2.24) is 5.32 Å². The van der Waals surface area contributed by atoms with Crippen LogP contribution in [0.2, 0.25) is 0 Å². The highest BCUT2D eigenvalue weighted by Gasteiger charge is 2.14. The maximum absolute atomic E-state index is 13.2. The largest absolute Gasteiger partial charge is 0.395 e. The van der Waals surface area contributed by atoms with Gasteiger partial charge in [0.05, 0.1) is 11.1 Å². The molecule has 2 nitrogen and oxygen atoms in total. The van der Waals surface area contributed by atoms with Crippen LogP contribution in [0, 0.1) is 11.7 Å². The van der Waals surface area contributed by atoms with E-state index in [1.54, 1.807) is 12.1 Å². The van der Waals surface area contributed by atoms with Gasteiger partial charge in [-0.15, -0.1) is 0 Å². The Morgan fingerprint density at radius 3 is 2.50 bits per heavy atom. The summed E-state index contributed by atoms with van der Waals surface area (Å²) in [4.78, 5) is 0. The van der Waals surface area contributed by atoms with Crippen molar-refractivity contribution in [3.8, 4) is 0 Å². The molecule has 0 fully saturated rings. The number of hydrogen-bond donors (Lipinski definition) is 2. The van der Waals surface area contributed by atoms with Gasteiger partial charge in [-0.1, -0.05) is 19.9 Å². The van der Waals surface area contributed by atoms with E-state index in [-0.39, 0.29) is 24.5 Å². The molecule has 0 aliphatic heterocycles. The van der Waals surface area contributed by atoms with Crippen molar-refractivity contribution in [2.75, 3.05) is 6.61 Å². The Hall–Kier alpha value is -0.450. The van der Waals surface area contributed by atoms with Crippen LogP contribution >= 0.6 is 15.9 Å². The summed E-state index contributed by atoms with van der Waals surface area (Å²) in [7, 11) is 0. The average Bonchev–Trinajstić information content (AvgIpc) is 2.31. The van der Waals surface area contributed by atoms with Crippen molar-refractivity contribution < 1.29 is 9.50 Å². The Kier molecular flexibility index (Phi) is 6.26. The number of hydrogen-bond acceptors (Lipinski definition) is 2. The third-order valence-corrected chi connectivity index (χ3v) is 3.51. The highest BCUT2D eigenvalue weighted by molar-refractivity contribution is 9.10. The van der Waals surface area contributed by atoms with E-state index in [4.69, 9.17) is 0 Å². The van der Waals surface area contributed by atoms with Crippen molar-refractivity contribution >= 4 is 15.9 Å². The van der Waals surface area contributed by atoms with E-state index in [0.717, 1.165) is 12.0 Å². The third-order valence-electron chi connectivity index (χ3n) is 2.91. The standard InChI is InChI=1S/C14H21BrFNO/c1-9(2)6-12(8-18)17-10(3)11-4-5-14(16)13(15)7-11/h4-5,7,9-10,12,17-18H,6,8H2,1-3H3. The molecule has 0 aliphatic carbocycles. The minimum atomic E-state index is -0.258. The molecule has 0 radical (unpaired) electrons. The molecule has 2 unspecified atom stereocenters. The van der Waals surface area contributed by atoms with E-state index < -0.39 is 0 Å². The van der Waals surface area contributed by atoms with Crippen molar-refractivity contribution in [2.45, 2.75) is 39.3 Å². The van der Waals surface area contributed by atoms with Gasteiger partial charge in [-0.3, -0.25) is 0 Å². The summed E-state index contributed by atoms with van der Waals surface area (Å²) in [6.45, 7) is 6.39. The van der Waals surface area contributed by atoms with Crippen LogP contribution in [0.5, 0.6) is 0 Å². The molecule has 1 aromatic rings. The summed E-state index contributed by atoms with van der Waals surface area (Å²) < 4.78 is 13.6. The fourth-order valence-electron chi connectivity index (χ4n) is 2.00. The van der Waals surface area contributed by atoms with E-state index >= 15 is 0 Å². The van der Waals surface area contributed by atoms with Gasteiger partial charge in [-0.2, -0.15) is 0 Å². The van der Waals surface area contributed by atoms with E-state index in [1.165, 1.54) is 6.07 Å². The normalized spacial score (nSPS) is 14.8. The minimum Gasteiger partial charge on any atom is -0.395 e. The van der Waals surface area contributed by atoms with Crippen LogP contribution in [-0.4, -0.2) is 17.8 Å². The summed E-state index contributed by atoms with van der Waals surface area (Å²) in [6, 6.07) is 5.15. The van der Waals surface area contributed by atoms with E-state index in [9.17, 15) is 9.50 Å². The molecule has 0 aromatic heterocycles. The molecule has 0 amide bonds. The lowest BCUT2D eigenvalue weighted by atomic mass is 10.0. The molecule has 1 rings (SSSR count). The van der Waals surface area contributed by atoms with Gasteiger partial charge in [0.25, 0.3) is 0 Å². The highest BCUT2D eigenvalue weighted by atomic mass is 79.9. The maximum atomic E-state index is 13.2. The van der Waals surface area contributed by atoms with Gasteiger partial charge in [-0.05, 0) is 52.9 Å². The predicted molar refractivity (Wildman–Crippen MR) is 76.0 cm³/mol. The van der Waals surface area contributed by atoms with Gasteiger partial charge in [0.15, 0.2) is 0 Å². The zero-order valence-electron chi connectivity index (χ0n) is 11.1. The maximum Gasteiger partial charge on any atom is 0.137 e. The summed E-state index contributed by atoms with van der Waals surface area (Å²) in [6.07, 6.45) is 0.920. The lowest BCUT2D eigenvalue weighted by Gasteiger charge is -2.23. The zero-order valence-corrected chi connectivity index (χ0v) is 12.7. The molecule has 102 valence electrons. The van der Waals surface area contributed by atoms with Crippen molar-refractivity contribution in [3.63, 3.8) is 0 Å². The van der Waals surface area contributed by atoms with Gasteiger partial charge in [0.1, 0.15) is 5.82 Å². The van der Waals surface area contributed by atoms with Gasteiger partial charge < -0.3 is 10.4 Å². The summed E-state index contributed by atoms with van der Waals surface area (Å²) in [5.74, 6) is 0.272. The average molecular weight is 318 g/mol. The fourth-order valence-corrected chi connectivity index (χ4v) is 2.39. The first-order valence-electron chi connectivity index (χ1n) is 6.26. The molecular weight excluding hydrogens is 297 g/mol. The summed E-state index contributed by atoms with van der Waals surface area (Å²) >= 11 is 3.19. The monoisotopic (exact) mass is 317 g/mol. The number of nitrogens with one attached hydrogen (secondary N) is 1. The van der Waals surface area contributed by atoms with Crippen LogP contribution < -0.4 is 5.32 Å². The van der Waals surface area contributed by atoms with Crippen LogP contribution in [0.4, 0.5) is 4.39 Å². The van der Waals surface area contributed by atoms with Gasteiger partial charge in [0, 0.05) is 12.1 Å². The van der Waals surface area contributed by atoms with Crippen LogP contribution in [0.25, 0.3) is 0 Å². The zero-order chi connectivity index (χ0) is 13.7. The second kappa shape index (κ2) is 7.22. The SMILES string of the molecule is CC(C)CC(CO)NC(C)c1ccc(F)c(Br)c1. The topological polar surface area (TPSA) is 32.3 Å². The molecule has 18 heavy (non-hydrogen) atoms. The number of halogens is 2. The van der Waals surface area contributed by atoms with Crippen molar-refractivity contribution in [1.29, 1.82) is 0 Å². The van der Waals surface area contributed by atoms with Crippen LogP contribution in [-0.2, 0) is 0 Å². The number of benzene rings is 1. The molecule has 2 atom stereocenters. The van der Waals surface area contributed by atoms with Crippen LogP contribution in [0.1, 0.15) is 38.8 Å². The molecule has 0 saturated heterocycles. The van der Waals surface area contributed by atoms with Gasteiger partial charge >= 0.3 is 0 Å². The molecule has 1 aromatic carbocycles. The fraction of sp³-hybridized carbons (Fsp3) is 0.571. The Bertz CT molecular complexity index is 384. The first-order valence-corrected chi connectivity index (χ1v) is 7.05. The molecule has 0 saturated carbocycles. The third kappa shape index (κ3) is 4.67. The second-order valence-corrected chi connectivity index (χ2v) is 5.93. The Labute approximate surface area is 117 Å². The van der Waals surface area contributed by atoms with Gasteiger partial charge in [-0.25, -0.2) is 4.39 Å². The first kappa shape index (κ1) is 15.6. The molecule has 4 heteroatoms. The lowest BCUT2D eigenvalue weighted by molar-refractivity contribution is 0.215. The molecule has 0 aliphatic rings. The second-order valence-electron chi connectivity index (χ2n) is 5.07. The first-order chi connectivity index (χ1) is 8.43. The van der Waals surface area contributed by atoms with E-state index in [1.807, 2.05) is 6.92 Å². The van der Waals surface area contributed by atoms with Crippen molar-refractivity contribution in [2.24, 2.45) is 5.92 Å². The summed E-state index contributed by atoms with van der Waals surface area (Å²) in [5, 5.41) is 12.7. The molecule has 0 spiro atoms. The predicted octanol–water partition coefficient (Wildman–Crippen LogP) is 3.65. The minimum absolute atomic E-state index is 0.0730. The number of rotatable bonds is 6. The van der Waals surface area contributed by atoms with Crippen LogP contribution in [0.3, 0.4) is 0 Å². The van der Waals surface area contributed by atoms with E-state index in [0.29, 0.717) is 10.4 Å². The Balaban J connectivity index is 2.68. The molecule has 2 N–H and O–H groups in total. The molecular formula is C14H21BrFNO. The smallest absolute Gasteiger partial charge is 0.137 e. The van der Waals surface area contributed by atoms with Gasteiger partial charge in [0.2, 0.25) is 0 Å². The molecule has 0 heterocycles. The summed E-state index contributed by atoms with van der Waals surface area (Å²) in [5.41, 5.74) is 1.01. The number of aliphatic hydroxyl groups excluding tert-OH is 1. The highest BCUT2D eigenvalue weighted by Crippen LogP contribution is 2.22. The van der Waals surface area contributed by atoms with Crippen LogP contribution in [0.15, 0.2) is 22.7 Å². The quantitative estimate of drug-likeness (QED) is 0.839. The van der Waals surface area contributed by atoms with Crippen molar-refractivity contribution in [3.05, 3.63) is 34.1 Å². The Morgan fingerprint density at radius 1 is 1.33 bits per heavy atom. The number of aliphatic hydroxyl groups is 1. The lowest BCUT2D eigenvalue weighted by Crippen LogP contribution is -2.35. The van der Waals surface area contributed by atoms with E-state index in [2.05, 4.69) is 35.1 Å².